The molecule has 3 nitrogen and oxygen atoms in total. The van der Waals surface area contributed by atoms with Gasteiger partial charge in [-0.2, -0.15) is 0 Å². The van der Waals surface area contributed by atoms with E-state index in [1.165, 1.54) is 0 Å². The van der Waals surface area contributed by atoms with Gasteiger partial charge in [0, 0.05) is 5.54 Å². The van der Waals surface area contributed by atoms with E-state index in [4.69, 9.17) is 20.8 Å². The van der Waals surface area contributed by atoms with Crippen molar-refractivity contribution in [2.24, 2.45) is 0 Å². The number of rotatable bonds is 1. The molecule has 1 N–H and O–H groups in total. The largest absolute Gasteiger partial charge is 0.445 e. The SMILES string of the molecule is CC1(C)COC(C)(c2ccc(Cl)o2)N1. The minimum Gasteiger partial charge on any atom is -0.445 e. The molecule has 0 aliphatic carbocycles. The highest BCUT2D eigenvalue weighted by Crippen LogP contribution is 2.33. The lowest BCUT2D eigenvalue weighted by molar-refractivity contribution is -0.0153. The lowest BCUT2D eigenvalue weighted by atomic mass is 10.1. The van der Waals surface area contributed by atoms with Crippen molar-refractivity contribution < 1.29 is 9.15 Å². The van der Waals surface area contributed by atoms with Crippen molar-refractivity contribution in [2.75, 3.05) is 6.61 Å². The van der Waals surface area contributed by atoms with E-state index < -0.39 is 5.72 Å². The number of halogens is 1. The zero-order chi connectivity index (χ0) is 10.4. The molecule has 1 fully saturated rings. The summed E-state index contributed by atoms with van der Waals surface area (Å²) in [7, 11) is 0. The Morgan fingerprint density at radius 3 is 2.50 bits per heavy atom. The highest BCUT2D eigenvalue weighted by molar-refractivity contribution is 6.28. The highest BCUT2D eigenvalue weighted by atomic mass is 35.5. The van der Waals surface area contributed by atoms with Crippen molar-refractivity contribution in [3.05, 3.63) is 23.1 Å². The van der Waals surface area contributed by atoms with Crippen molar-refractivity contribution in [1.82, 2.24) is 5.32 Å². The fourth-order valence-corrected chi connectivity index (χ4v) is 1.89. The van der Waals surface area contributed by atoms with Gasteiger partial charge in [0.2, 0.25) is 0 Å². The van der Waals surface area contributed by atoms with Crippen LogP contribution < -0.4 is 5.32 Å². The molecule has 1 aromatic rings. The molecule has 1 saturated heterocycles. The summed E-state index contributed by atoms with van der Waals surface area (Å²) in [4.78, 5) is 0. The molecule has 0 saturated carbocycles. The molecule has 1 aliphatic rings. The maximum absolute atomic E-state index is 5.72. The van der Waals surface area contributed by atoms with Crippen LogP contribution in [0.3, 0.4) is 0 Å². The summed E-state index contributed by atoms with van der Waals surface area (Å²) < 4.78 is 11.0. The standard InChI is InChI=1S/C10H14ClNO2/c1-9(2)6-13-10(3,12-9)7-4-5-8(11)14-7/h4-5,12H,6H2,1-3H3. The zero-order valence-electron chi connectivity index (χ0n) is 8.56. The molecule has 0 aromatic carbocycles. The molecule has 0 radical (unpaired) electrons. The van der Waals surface area contributed by atoms with E-state index in [0.29, 0.717) is 17.6 Å². The fraction of sp³-hybridized carbons (Fsp3) is 0.600. The molecule has 0 bridgehead atoms. The van der Waals surface area contributed by atoms with Gasteiger partial charge in [-0.15, -0.1) is 0 Å². The minimum absolute atomic E-state index is 0.0337. The molecule has 78 valence electrons. The van der Waals surface area contributed by atoms with E-state index in [9.17, 15) is 0 Å². The summed E-state index contributed by atoms with van der Waals surface area (Å²) in [6, 6.07) is 3.55. The molecule has 0 spiro atoms. The molecule has 1 aromatic heterocycles. The molecule has 14 heavy (non-hydrogen) atoms. The first-order valence-corrected chi connectivity index (χ1v) is 4.98. The molecular formula is C10H14ClNO2. The Balaban J connectivity index is 2.27. The van der Waals surface area contributed by atoms with Crippen LogP contribution in [-0.4, -0.2) is 12.1 Å². The van der Waals surface area contributed by atoms with Crippen molar-refractivity contribution in [3.8, 4) is 0 Å². The number of furan rings is 1. The molecule has 1 aliphatic heterocycles. The van der Waals surface area contributed by atoms with Crippen LogP contribution in [0.5, 0.6) is 0 Å². The van der Waals surface area contributed by atoms with E-state index in [-0.39, 0.29) is 5.54 Å². The minimum atomic E-state index is -0.559. The quantitative estimate of drug-likeness (QED) is 0.782. The average molecular weight is 216 g/mol. The van der Waals surface area contributed by atoms with Crippen molar-refractivity contribution in [1.29, 1.82) is 0 Å². The third kappa shape index (κ3) is 1.67. The lowest BCUT2D eigenvalue weighted by Gasteiger charge is -2.24. The second kappa shape index (κ2) is 2.99. The number of hydrogen-bond donors (Lipinski definition) is 1. The molecular weight excluding hydrogens is 202 g/mol. The Labute approximate surface area is 88.4 Å². The van der Waals surface area contributed by atoms with Crippen LogP contribution in [0.1, 0.15) is 26.5 Å². The Bertz CT molecular complexity index is 348. The van der Waals surface area contributed by atoms with E-state index in [1.54, 1.807) is 6.07 Å². The molecule has 2 rings (SSSR count). The summed E-state index contributed by atoms with van der Waals surface area (Å²) in [6.07, 6.45) is 0. The Kier molecular flexibility index (Phi) is 2.14. The number of nitrogens with one attached hydrogen (secondary N) is 1. The smallest absolute Gasteiger partial charge is 0.193 e. The summed E-state index contributed by atoms with van der Waals surface area (Å²) in [5, 5.41) is 3.75. The van der Waals surface area contributed by atoms with Crippen LogP contribution in [0.4, 0.5) is 0 Å². The lowest BCUT2D eigenvalue weighted by Crippen LogP contribution is -2.44. The van der Waals surface area contributed by atoms with E-state index in [0.717, 1.165) is 0 Å². The predicted octanol–water partition coefficient (Wildman–Crippen LogP) is 2.50. The van der Waals surface area contributed by atoms with Crippen molar-refractivity contribution in [2.45, 2.75) is 32.0 Å². The topological polar surface area (TPSA) is 34.4 Å². The predicted molar refractivity (Wildman–Crippen MR) is 54.2 cm³/mol. The molecule has 2 heterocycles. The first-order valence-electron chi connectivity index (χ1n) is 4.60. The summed E-state index contributed by atoms with van der Waals surface area (Å²) in [5.41, 5.74) is -0.593. The van der Waals surface area contributed by atoms with Crippen LogP contribution in [0.15, 0.2) is 16.5 Å². The van der Waals surface area contributed by atoms with Crippen molar-refractivity contribution >= 4 is 11.6 Å². The van der Waals surface area contributed by atoms with E-state index >= 15 is 0 Å². The number of ether oxygens (including phenoxy) is 1. The van der Waals surface area contributed by atoms with Gasteiger partial charge in [-0.3, -0.25) is 5.32 Å². The van der Waals surface area contributed by atoms with Gasteiger partial charge in [-0.05, 0) is 44.5 Å². The van der Waals surface area contributed by atoms with Crippen LogP contribution in [0.25, 0.3) is 0 Å². The van der Waals surface area contributed by atoms with Gasteiger partial charge in [-0.25, -0.2) is 0 Å². The maximum atomic E-state index is 5.72. The van der Waals surface area contributed by atoms with Gasteiger partial charge < -0.3 is 9.15 Å². The maximum Gasteiger partial charge on any atom is 0.193 e. The van der Waals surface area contributed by atoms with Crippen LogP contribution in [-0.2, 0) is 10.5 Å². The average Bonchev–Trinajstić information content (AvgIpc) is 2.57. The van der Waals surface area contributed by atoms with Gasteiger partial charge >= 0.3 is 0 Å². The normalized spacial score (nSPS) is 30.9. The first kappa shape index (κ1) is 10.0. The second-order valence-electron chi connectivity index (χ2n) is 4.43. The summed E-state index contributed by atoms with van der Waals surface area (Å²) >= 11 is 5.72. The van der Waals surface area contributed by atoms with Gasteiger partial charge in [0.05, 0.1) is 6.61 Å². The summed E-state index contributed by atoms with van der Waals surface area (Å²) in [6.45, 7) is 6.77. The zero-order valence-corrected chi connectivity index (χ0v) is 9.31. The van der Waals surface area contributed by atoms with Crippen LogP contribution >= 0.6 is 11.6 Å². The molecule has 4 heteroatoms. The highest BCUT2D eigenvalue weighted by Gasteiger charge is 2.43. The summed E-state index contributed by atoms with van der Waals surface area (Å²) in [5.74, 6) is 0.716. The third-order valence-corrected chi connectivity index (χ3v) is 2.55. The Morgan fingerprint density at radius 1 is 1.36 bits per heavy atom. The monoisotopic (exact) mass is 215 g/mol. The van der Waals surface area contributed by atoms with Gasteiger partial charge in [0.15, 0.2) is 16.7 Å². The van der Waals surface area contributed by atoms with Gasteiger partial charge in [-0.1, -0.05) is 0 Å². The van der Waals surface area contributed by atoms with E-state index in [2.05, 4.69) is 19.2 Å². The van der Waals surface area contributed by atoms with Gasteiger partial charge in [0.1, 0.15) is 0 Å². The molecule has 1 unspecified atom stereocenters. The van der Waals surface area contributed by atoms with Gasteiger partial charge in [0.25, 0.3) is 0 Å². The first-order chi connectivity index (χ1) is 6.41. The van der Waals surface area contributed by atoms with Crippen LogP contribution in [0, 0.1) is 0 Å². The third-order valence-electron chi connectivity index (χ3n) is 2.34. The Hall–Kier alpha value is -0.510. The molecule has 0 amide bonds. The molecule has 1 atom stereocenters. The fourth-order valence-electron chi connectivity index (χ4n) is 1.75. The van der Waals surface area contributed by atoms with Crippen LogP contribution in [0.2, 0.25) is 5.22 Å². The second-order valence-corrected chi connectivity index (χ2v) is 4.81. The van der Waals surface area contributed by atoms with Crippen molar-refractivity contribution in [3.63, 3.8) is 0 Å². The Morgan fingerprint density at radius 2 is 2.07 bits per heavy atom. The number of hydrogen-bond acceptors (Lipinski definition) is 3. The van der Waals surface area contributed by atoms with E-state index in [1.807, 2.05) is 13.0 Å².